The van der Waals surface area contributed by atoms with Crippen molar-refractivity contribution in [3.05, 3.63) is 29.8 Å². The van der Waals surface area contributed by atoms with Crippen molar-refractivity contribution in [2.24, 2.45) is 0 Å². The minimum atomic E-state index is -0.403. The van der Waals surface area contributed by atoms with E-state index < -0.39 is 6.10 Å². The zero-order valence-corrected chi connectivity index (χ0v) is 11.3. The molecule has 3 heteroatoms. The fourth-order valence-corrected chi connectivity index (χ4v) is 2.03. The average Bonchev–Trinajstić information content (AvgIpc) is 3.18. The van der Waals surface area contributed by atoms with Crippen molar-refractivity contribution in [1.29, 1.82) is 0 Å². The molecule has 0 aromatic heterocycles. The summed E-state index contributed by atoms with van der Waals surface area (Å²) >= 11 is 0. The van der Waals surface area contributed by atoms with Crippen LogP contribution in [0.3, 0.4) is 0 Å². The molecule has 0 radical (unpaired) electrons. The maximum atomic E-state index is 9.85. The Hall–Kier alpha value is -1.06. The maximum Gasteiger partial charge on any atom is 0.137 e. The van der Waals surface area contributed by atoms with Gasteiger partial charge in [0, 0.05) is 0 Å². The van der Waals surface area contributed by atoms with Crippen LogP contribution in [-0.4, -0.2) is 30.4 Å². The van der Waals surface area contributed by atoms with Crippen LogP contribution in [0.15, 0.2) is 24.3 Å². The van der Waals surface area contributed by atoms with E-state index in [9.17, 15) is 5.11 Å². The second-order valence-electron chi connectivity index (χ2n) is 5.49. The lowest BCUT2D eigenvalue weighted by molar-refractivity contribution is -0.688. The van der Waals surface area contributed by atoms with Crippen molar-refractivity contribution in [3.63, 3.8) is 0 Å². The number of rotatable bonds is 7. The van der Waals surface area contributed by atoms with E-state index in [1.54, 1.807) is 0 Å². The van der Waals surface area contributed by atoms with E-state index in [1.807, 2.05) is 12.1 Å². The highest BCUT2D eigenvalue weighted by atomic mass is 16.5. The number of quaternary nitrogens is 1. The summed E-state index contributed by atoms with van der Waals surface area (Å²) in [5.41, 5.74) is 1.30. The topological polar surface area (TPSA) is 46.1 Å². The van der Waals surface area contributed by atoms with Gasteiger partial charge in [0.15, 0.2) is 0 Å². The third kappa shape index (κ3) is 4.00. The monoisotopic (exact) mass is 250 g/mol. The molecule has 1 aliphatic carbocycles. The summed E-state index contributed by atoms with van der Waals surface area (Å²) < 4.78 is 5.76. The molecule has 1 atom stereocenters. The van der Waals surface area contributed by atoms with Gasteiger partial charge in [0.2, 0.25) is 0 Å². The van der Waals surface area contributed by atoms with Gasteiger partial charge in [0.25, 0.3) is 0 Å². The van der Waals surface area contributed by atoms with Crippen LogP contribution in [0.5, 0.6) is 5.75 Å². The van der Waals surface area contributed by atoms with Crippen molar-refractivity contribution >= 4 is 0 Å². The van der Waals surface area contributed by atoms with Gasteiger partial charge in [0.1, 0.15) is 25.0 Å². The van der Waals surface area contributed by atoms with Gasteiger partial charge in [-0.05, 0) is 44.2 Å². The third-order valence-corrected chi connectivity index (χ3v) is 3.25. The zero-order chi connectivity index (χ0) is 13.0. The summed E-state index contributed by atoms with van der Waals surface area (Å²) in [5.74, 6) is 1.63. The van der Waals surface area contributed by atoms with Crippen LogP contribution in [-0.2, 0) is 0 Å². The highest BCUT2D eigenvalue weighted by molar-refractivity contribution is 5.38. The summed E-state index contributed by atoms with van der Waals surface area (Å²) in [7, 11) is 0. The van der Waals surface area contributed by atoms with Crippen molar-refractivity contribution in [3.8, 4) is 5.75 Å². The number of ether oxygens (including phenoxy) is 1. The second kappa shape index (κ2) is 6.21. The van der Waals surface area contributed by atoms with Crippen LogP contribution in [0.2, 0.25) is 0 Å². The fourth-order valence-electron chi connectivity index (χ4n) is 2.03. The molecular formula is C15H24NO2+. The van der Waals surface area contributed by atoms with Crippen LogP contribution in [0, 0.1) is 0 Å². The second-order valence-corrected chi connectivity index (χ2v) is 5.49. The zero-order valence-electron chi connectivity index (χ0n) is 11.3. The molecule has 100 valence electrons. The molecule has 0 spiro atoms. The van der Waals surface area contributed by atoms with Crippen LogP contribution in [0.25, 0.3) is 0 Å². The molecule has 0 saturated heterocycles. The molecule has 1 unspecified atom stereocenters. The molecule has 0 amide bonds. The van der Waals surface area contributed by atoms with Gasteiger partial charge in [-0.15, -0.1) is 0 Å². The SMILES string of the molecule is CC(C)[NH2+]CC(O)COc1ccccc1C1CC1. The quantitative estimate of drug-likeness (QED) is 0.765. The minimum absolute atomic E-state index is 0.382. The van der Waals surface area contributed by atoms with Crippen LogP contribution in [0.1, 0.15) is 38.2 Å². The van der Waals surface area contributed by atoms with Crippen molar-refractivity contribution in [2.75, 3.05) is 13.2 Å². The third-order valence-electron chi connectivity index (χ3n) is 3.25. The first-order valence-corrected chi connectivity index (χ1v) is 6.90. The molecule has 0 heterocycles. The molecular weight excluding hydrogens is 226 g/mol. The summed E-state index contributed by atoms with van der Waals surface area (Å²) in [6.07, 6.45) is 2.13. The van der Waals surface area contributed by atoms with Gasteiger partial charge >= 0.3 is 0 Å². The highest BCUT2D eigenvalue weighted by Crippen LogP contribution is 2.44. The highest BCUT2D eigenvalue weighted by Gasteiger charge is 2.26. The molecule has 1 aromatic carbocycles. The Bertz CT molecular complexity index is 375. The molecule has 1 aromatic rings. The Morgan fingerprint density at radius 2 is 2.06 bits per heavy atom. The molecule has 3 nitrogen and oxygen atoms in total. The molecule has 1 fully saturated rings. The lowest BCUT2D eigenvalue weighted by atomic mass is 10.1. The predicted molar refractivity (Wildman–Crippen MR) is 71.8 cm³/mol. The first-order valence-electron chi connectivity index (χ1n) is 6.90. The summed E-state index contributed by atoms with van der Waals surface area (Å²) in [6, 6.07) is 8.71. The summed E-state index contributed by atoms with van der Waals surface area (Å²) in [6.45, 7) is 5.32. The van der Waals surface area contributed by atoms with Crippen LogP contribution in [0.4, 0.5) is 0 Å². The molecule has 1 saturated carbocycles. The number of hydrogen-bond donors (Lipinski definition) is 2. The van der Waals surface area contributed by atoms with Crippen LogP contribution < -0.4 is 10.1 Å². The number of para-hydroxylation sites is 1. The predicted octanol–water partition coefficient (Wildman–Crippen LogP) is 1.28. The number of hydrogen-bond acceptors (Lipinski definition) is 2. The molecule has 0 bridgehead atoms. The summed E-state index contributed by atoms with van der Waals surface area (Å²) in [5, 5.41) is 12.0. The Morgan fingerprint density at radius 1 is 1.33 bits per heavy atom. The first kappa shape index (κ1) is 13.4. The normalized spacial score (nSPS) is 16.9. The van der Waals surface area contributed by atoms with Gasteiger partial charge in [-0.3, -0.25) is 0 Å². The van der Waals surface area contributed by atoms with Gasteiger partial charge < -0.3 is 15.2 Å². The van der Waals surface area contributed by atoms with E-state index >= 15 is 0 Å². The average molecular weight is 250 g/mol. The Morgan fingerprint density at radius 3 is 2.72 bits per heavy atom. The number of aliphatic hydroxyl groups is 1. The van der Waals surface area contributed by atoms with Gasteiger partial charge in [-0.1, -0.05) is 18.2 Å². The first-order chi connectivity index (χ1) is 8.66. The Balaban J connectivity index is 1.82. The van der Waals surface area contributed by atoms with Gasteiger partial charge in [0.05, 0.1) is 6.04 Å². The maximum absolute atomic E-state index is 9.85. The van der Waals surface area contributed by atoms with Crippen molar-refractivity contribution in [2.45, 2.75) is 44.8 Å². The lowest BCUT2D eigenvalue weighted by Crippen LogP contribution is -2.90. The number of nitrogens with two attached hydrogens (primary N) is 1. The fraction of sp³-hybridized carbons (Fsp3) is 0.600. The standard InChI is InChI=1S/C15H23NO2/c1-11(2)16-9-13(17)10-18-15-6-4-3-5-14(15)12-7-8-12/h3-6,11-13,16-17H,7-10H2,1-2H3/p+1. The molecule has 0 aliphatic heterocycles. The number of benzene rings is 1. The Kier molecular flexibility index (Phi) is 4.61. The Labute approximate surface area is 109 Å². The molecule has 2 rings (SSSR count). The molecule has 3 N–H and O–H groups in total. The van der Waals surface area contributed by atoms with Crippen molar-refractivity contribution < 1.29 is 15.2 Å². The van der Waals surface area contributed by atoms with Crippen molar-refractivity contribution in [1.82, 2.24) is 0 Å². The van der Waals surface area contributed by atoms with Crippen LogP contribution >= 0.6 is 0 Å². The van der Waals surface area contributed by atoms with E-state index in [0.717, 1.165) is 5.75 Å². The van der Waals surface area contributed by atoms with E-state index in [2.05, 4.69) is 31.3 Å². The van der Waals surface area contributed by atoms with E-state index in [4.69, 9.17) is 4.74 Å². The summed E-state index contributed by atoms with van der Waals surface area (Å²) in [4.78, 5) is 0. The molecule has 18 heavy (non-hydrogen) atoms. The van der Waals surface area contributed by atoms with E-state index in [0.29, 0.717) is 25.1 Å². The minimum Gasteiger partial charge on any atom is -0.490 e. The van der Waals surface area contributed by atoms with E-state index in [-0.39, 0.29) is 0 Å². The van der Waals surface area contributed by atoms with E-state index in [1.165, 1.54) is 18.4 Å². The van der Waals surface area contributed by atoms with Gasteiger partial charge in [-0.25, -0.2) is 0 Å². The largest absolute Gasteiger partial charge is 0.490 e. The smallest absolute Gasteiger partial charge is 0.137 e. The molecule has 1 aliphatic rings. The lowest BCUT2D eigenvalue weighted by Gasteiger charge is -2.15. The van der Waals surface area contributed by atoms with Gasteiger partial charge in [-0.2, -0.15) is 0 Å². The number of aliphatic hydroxyl groups excluding tert-OH is 1.